The number of aldehydes is 1. The predicted molar refractivity (Wildman–Crippen MR) is 452 cm³/mol. The van der Waals surface area contributed by atoms with Crippen molar-refractivity contribution in [3.8, 4) is 17.2 Å². The molecule has 8 amide bonds. The maximum absolute atomic E-state index is 15.0. The molecule has 0 bridgehead atoms. The Labute approximate surface area is 703 Å². The van der Waals surface area contributed by atoms with Gasteiger partial charge in [-0.05, 0) is 209 Å². The number of carbonyl (C=O) groups is 13. The molecule has 0 saturated carbocycles. The van der Waals surface area contributed by atoms with Gasteiger partial charge in [0.1, 0.15) is 77.0 Å². The van der Waals surface area contributed by atoms with Gasteiger partial charge in [-0.25, -0.2) is 4.79 Å². The number of aliphatic hydroxyl groups excluding tert-OH is 1. The minimum absolute atomic E-state index is 0.0153. The van der Waals surface area contributed by atoms with Gasteiger partial charge in [-0.15, -0.1) is 0 Å². The molecule has 5 aromatic rings. The number of Topliss-reactive ketones (excluding diaryl/α,β-unsaturated/α-hetero) is 2. The van der Waals surface area contributed by atoms with Crippen LogP contribution in [0.1, 0.15) is 179 Å². The molecule has 658 valence electrons. The van der Waals surface area contributed by atoms with E-state index in [2.05, 4.69) is 59.0 Å². The monoisotopic (exact) mass is 1670 g/mol. The summed E-state index contributed by atoms with van der Waals surface area (Å²) in [5.74, 6) is -9.69. The van der Waals surface area contributed by atoms with E-state index in [-0.39, 0.29) is 111 Å². The van der Waals surface area contributed by atoms with Gasteiger partial charge >= 0.3 is 11.9 Å². The highest BCUT2D eigenvalue weighted by atomic mass is 16.6. The number of fused-ring (bicyclic) bond motifs is 1. The average molecular weight is 1670 g/mol. The lowest BCUT2D eigenvalue weighted by Crippen LogP contribution is -2.60. The number of aromatic nitrogens is 1. The second kappa shape index (κ2) is 50.4. The topological polar surface area (TPSA) is 468 Å². The van der Waals surface area contributed by atoms with Crippen molar-refractivity contribution in [2.24, 2.45) is 29.4 Å². The number of aliphatic hydroxyl groups is 1. The van der Waals surface area contributed by atoms with Crippen LogP contribution in [-0.4, -0.2) is 237 Å². The van der Waals surface area contributed by atoms with Crippen molar-refractivity contribution in [3.63, 3.8) is 0 Å². The van der Waals surface area contributed by atoms with Crippen LogP contribution in [0, 0.1) is 23.7 Å². The molecule has 4 unspecified atom stereocenters. The van der Waals surface area contributed by atoms with Crippen LogP contribution >= 0.6 is 0 Å². The van der Waals surface area contributed by atoms with Crippen LogP contribution < -0.4 is 43.0 Å². The first kappa shape index (κ1) is 98.2. The van der Waals surface area contributed by atoms with Crippen LogP contribution in [0.3, 0.4) is 0 Å². The third-order valence-electron chi connectivity index (χ3n) is 21.4. The number of carboxylic acid groups (broad SMARTS) is 1. The molecule has 120 heavy (non-hydrogen) atoms. The molecule has 2 saturated heterocycles. The summed E-state index contributed by atoms with van der Waals surface area (Å²) in [7, 11) is 4.04. The fourth-order valence-electron chi connectivity index (χ4n) is 14.7. The molecule has 3 heterocycles. The molecule has 4 aromatic carbocycles. The summed E-state index contributed by atoms with van der Waals surface area (Å²) < 4.78 is 5.41. The fraction of sp³-hybridized carbons (Fsp3) is 0.562. The maximum atomic E-state index is 15.0. The number of ketones is 2. The minimum atomic E-state index is -1.78. The zero-order chi connectivity index (χ0) is 88.0. The minimum Gasteiger partial charge on any atom is -0.508 e. The number of carbonyl (C=O) groups excluding carboxylic acids is 12. The first-order chi connectivity index (χ1) is 57.1. The molecule has 31 nitrogen and oxygen atoms in total. The number of hydrogen-bond donors (Lipinski definition) is 14. The number of hydrogen-bond acceptors (Lipinski definition) is 21. The van der Waals surface area contributed by atoms with Crippen molar-refractivity contribution in [1.82, 2.24) is 56.9 Å². The molecule has 31 heteroatoms. The second-order valence-corrected chi connectivity index (χ2v) is 33.2. The van der Waals surface area contributed by atoms with Crippen LogP contribution in [0.4, 0.5) is 0 Å². The number of amides is 8. The molecule has 0 radical (unpaired) electrons. The molecular weight excluding hydrogens is 1540 g/mol. The Morgan fingerprint density at radius 3 is 1.63 bits per heavy atom. The summed E-state index contributed by atoms with van der Waals surface area (Å²) in [6.45, 7) is 12.5. The number of phenols is 3. The van der Waals surface area contributed by atoms with Crippen molar-refractivity contribution in [3.05, 3.63) is 126 Å². The predicted octanol–water partition coefficient (Wildman–Crippen LogP) is 5.92. The Morgan fingerprint density at radius 1 is 0.592 bits per heavy atom. The van der Waals surface area contributed by atoms with E-state index in [1.807, 2.05) is 52.9 Å². The van der Waals surface area contributed by atoms with Crippen LogP contribution in [0.2, 0.25) is 0 Å². The highest BCUT2D eigenvalue weighted by Gasteiger charge is 2.37. The number of carboxylic acids is 1. The number of H-pyrrole nitrogens is 1. The number of nitrogens with two attached hydrogens (primary N) is 1. The van der Waals surface area contributed by atoms with Crippen LogP contribution in [0.15, 0.2) is 103 Å². The highest BCUT2D eigenvalue weighted by Crippen LogP contribution is 2.29. The number of esters is 1. The molecule has 2 aliphatic heterocycles. The highest BCUT2D eigenvalue weighted by molar-refractivity contribution is 5.98. The lowest BCUT2D eigenvalue weighted by molar-refractivity contribution is -0.155. The number of aliphatic carboxylic acids is 1. The Balaban J connectivity index is 0.000000673. The van der Waals surface area contributed by atoms with E-state index in [1.54, 1.807) is 38.2 Å². The Morgan fingerprint density at radius 2 is 1.08 bits per heavy atom. The quantitative estimate of drug-likeness (QED) is 0.0204. The second-order valence-electron chi connectivity index (χ2n) is 33.2. The molecule has 2 aliphatic rings. The van der Waals surface area contributed by atoms with E-state index in [9.17, 15) is 83.1 Å². The summed E-state index contributed by atoms with van der Waals surface area (Å²) >= 11 is 0. The molecule has 0 spiro atoms. The van der Waals surface area contributed by atoms with Gasteiger partial charge in [-0.1, -0.05) is 94.6 Å². The van der Waals surface area contributed by atoms with E-state index < -0.39 is 133 Å². The van der Waals surface area contributed by atoms with Crippen molar-refractivity contribution in [1.29, 1.82) is 0 Å². The first-order valence-electron chi connectivity index (χ1n) is 42.0. The first-order valence-corrected chi connectivity index (χ1v) is 42.0. The molecule has 10 atom stereocenters. The van der Waals surface area contributed by atoms with Gasteiger partial charge in [0.05, 0.1) is 25.1 Å². The van der Waals surface area contributed by atoms with E-state index in [0.29, 0.717) is 74.7 Å². The summed E-state index contributed by atoms with van der Waals surface area (Å²) in [4.78, 5) is 186. The van der Waals surface area contributed by atoms with E-state index >= 15 is 4.79 Å². The largest absolute Gasteiger partial charge is 0.508 e. The summed E-state index contributed by atoms with van der Waals surface area (Å²) in [6.07, 6.45) is 10.6. The molecule has 2 fully saturated rings. The van der Waals surface area contributed by atoms with Crippen molar-refractivity contribution in [2.75, 3.05) is 66.5 Å². The number of benzene rings is 4. The molecule has 15 N–H and O–H groups in total. The molecule has 1 aromatic heterocycles. The van der Waals surface area contributed by atoms with E-state index in [1.165, 1.54) is 65.6 Å². The fourth-order valence-corrected chi connectivity index (χ4v) is 14.7. The normalized spacial score (nSPS) is 21.4. The molecular formula is C89H128N12O19. The third kappa shape index (κ3) is 35.4. The number of nitrogens with one attached hydrogen (secondary N) is 8. The van der Waals surface area contributed by atoms with E-state index in [4.69, 9.17) is 10.5 Å². The number of rotatable bonds is 28. The third-order valence-corrected chi connectivity index (χ3v) is 21.4. The Bertz CT molecular complexity index is 4150. The summed E-state index contributed by atoms with van der Waals surface area (Å²) in [5.41, 5.74) is 8.05. The lowest BCUT2D eigenvalue weighted by Gasteiger charge is -2.31. The Kier molecular flexibility index (Phi) is 41.3. The van der Waals surface area contributed by atoms with Gasteiger partial charge in [0.15, 0.2) is 0 Å². The van der Waals surface area contributed by atoms with Crippen molar-refractivity contribution in [2.45, 2.75) is 231 Å². The van der Waals surface area contributed by atoms with Gasteiger partial charge in [0.2, 0.25) is 47.3 Å². The average Bonchev–Trinajstić information content (AvgIpc) is 1.66. The van der Waals surface area contributed by atoms with Gasteiger partial charge in [-0.3, -0.25) is 52.7 Å². The van der Waals surface area contributed by atoms with Crippen LogP contribution in [-0.2, 0) is 92.7 Å². The number of phenolic OH excluding ortho intramolecular Hbond substituents is 3. The van der Waals surface area contributed by atoms with E-state index in [0.717, 1.165) is 74.4 Å². The number of ether oxygens (including phenoxy) is 1. The zero-order valence-corrected chi connectivity index (χ0v) is 70.8. The van der Waals surface area contributed by atoms with Gasteiger partial charge in [0.25, 0.3) is 0 Å². The van der Waals surface area contributed by atoms with Gasteiger partial charge in [-0.2, -0.15) is 0 Å². The van der Waals surface area contributed by atoms with Gasteiger partial charge < -0.3 is 97.7 Å². The molecule has 7 rings (SSSR count). The number of para-hydroxylation sites is 1. The lowest BCUT2D eigenvalue weighted by atomic mass is 9.81. The van der Waals surface area contributed by atoms with Crippen molar-refractivity contribution < 1.29 is 92.6 Å². The SMILES string of the molecule is CC(C)C[C@@H]1NC(=O)C(Cc2ccc(O)cc2)NC(=O)[C@H](CCC(N)=O)NC(=O)C(CO)NC(=O)[C@H](Cc2c[nH]c3ccccc23)NC(=O)[C@@H](CN[C@H](C=O)Cc2ccc(O)cc2)CCCCN(C)CCCCN(CC(=O)N[C@@H](Cc2ccc(O)cc2)C(=O)O)C1=O.CCC(=O)CC1CCCCN(C)CCCCC(CCC(=O)OC(C)(C)C)C1=O. The molecule has 0 aliphatic carbocycles. The smallest absolute Gasteiger partial charge is 0.326 e. The van der Waals surface area contributed by atoms with Crippen molar-refractivity contribution >= 4 is 88.0 Å². The summed E-state index contributed by atoms with van der Waals surface area (Å²) in [6, 6.07) is 15.2. The van der Waals surface area contributed by atoms with Crippen LogP contribution in [0.25, 0.3) is 10.9 Å². The standard InChI is InChI=1S/C66H87N11O15.C23H41NO4/c1-40(2)30-55-65(90)77(37-59(84)70-56(66(91)92)33-43-17-23-49(82)24-18-43)29-9-8-28-76(3)27-7-6-10-44(35-68-46(38-78)31-41-13-19-47(80)20-14-41)60(85)72-54(34-45-36-69-51-12-5-4-11-50(45)51)63(88)75-57(39-79)64(89)71-52(25-26-58(67)83)61(86)73-53(62(87)74-55)32-42-15-21-48(81)22-16-42;1-6-20(25)17-19-12-8-10-16-24(5)15-9-7-11-18(22(19)27)13-14-21(26)28-23(2,3)4/h4-5,11-24,36,38,40,44,46,52-57,68-69,79-82H,6-10,25-35,37,39H2,1-3H3,(H2,67,83)(H,70,84)(H,71,89)(H,72,85)(H,73,86)(H,74,87)(H,75,88)(H,91,92);18-19H,6-17H2,1-5H3/t44-,46+,52+,53?,54+,55+,56+,57?;/m1./s1. The maximum Gasteiger partial charge on any atom is 0.326 e. The summed E-state index contributed by atoms with van der Waals surface area (Å²) in [5, 5.41) is 70.6. The number of nitrogens with zero attached hydrogens (tertiary/aromatic N) is 3. The Hall–Kier alpha value is -10.6. The number of primary amides is 1. The van der Waals surface area contributed by atoms with Crippen LogP contribution in [0.5, 0.6) is 17.2 Å². The zero-order valence-electron chi connectivity index (χ0n) is 70.8. The number of aromatic amines is 1. The van der Waals surface area contributed by atoms with Gasteiger partial charge in [0, 0.05) is 87.0 Å². The number of aromatic hydroxyl groups is 3.